The van der Waals surface area contributed by atoms with Gasteiger partial charge >= 0.3 is 22.3 Å². The van der Waals surface area contributed by atoms with E-state index in [0.29, 0.717) is 44.2 Å². The van der Waals surface area contributed by atoms with Crippen molar-refractivity contribution < 1.29 is 52.4 Å². The standard InChI is InChI=1S/C28H43BN6O11P2S/c1-20(2)17-24(33-25(36)22(18-21-7-4-3-5-8-21)32-26(37)23-19-30-9-10-31-23)29-45-14-12-35(13-15-46-29)11-6-16-49-27(38)34-28(47(39,40)41)48(42,43)44/h3-5,7-10,19-20,22,24,28H,6,11-18H2,1-2H3,(H,32,37)(H,33,36)(H,34,38)(H2,39,40,41)(H2,42,43,44)/t22-,24+/m1/s1. The predicted molar refractivity (Wildman–Crippen MR) is 182 cm³/mol. The highest BCUT2D eigenvalue weighted by atomic mass is 32.2. The van der Waals surface area contributed by atoms with Gasteiger partial charge in [-0.05, 0) is 30.9 Å². The Morgan fingerprint density at radius 1 is 0.980 bits per heavy atom. The zero-order valence-electron chi connectivity index (χ0n) is 27.2. The van der Waals surface area contributed by atoms with Crippen LogP contribution in [0.2, 0.25) is 0 Å². The quantitative estimate of drug-likeness (QED) is 0.0725. The number of carbonyl (C=O) groups excluding carboxylic acids is 3. The van der Waals surface area contributed by atoms with Gasteiger partial charge in [0.25, 0.3) is 11.1 Å². The summed E-state index contributed by atoms with van der Waals surface area (Å²) in [5.74, 6) is -1.06. The summed E-state index contributed by atoms with van der Waals surface area (Å²) >= 11 is 0.656. The van der Waals surface area contributed by atoms with Crippen LogP contribution in [0.1, 0.15) is 42.7 Å². The van der Waals surface area contributed by atoms with Gasteiger partial charge in [-0.3, -0.25) is 33.4 Å². The first-order valence-corrected chi connectivity index (χ1v) is 19.9. The van der Waals surface area contributed by atoms with Gasteiger partial charge in [0.1, 0.15) is 11.7 Å². The molecular formula is C28H43BN6O11P2S. The molecule has 1 aromatic carbocycles. The fourth-order valence-corrected chi connectivity index (χ4v) is 7.89. The summed E-state index contributed by atoms with van der Waals surface area (Å²) in [5, 5.41) is 6.59. The van der Waals surface area contributed by atoms with E-state index in [0.717, 1.165) is 5.56 Å². The average molecular weight is 745 g/mol. The molecule has 1 aliphatic rings. The number of carbonyl (C=O) groups is 3. The molecule has 21 heteroatoms. The van der Waals surface area contributed by atoms with E-state index in [-0.39, 0.29) is 37.0 Å². The van der Waals surface area contributed by atoms with E-state index >= 15 is 0 Å². The molecule has 2 aromatic rings. The van der Waals surface area contributed by atoms with Gasteiger partial charge in [-0.15, -0.1) is 0 Å². The summed E-state index contributed by atoms with van der Waals surface area (Å²) < 4.78 is 34.9. The normalized spacial score (nSPS) is 16.0. The predicted octanol–water partition coefficient (Wildman–Crippen LogP) is 1.20. The molecule has 1 aliphatic heterocycles. The maximum absolute atomic E-state index is 13.7. The first kappa shape index (κ1) is 40.7. The maximum atomic E-state index is 13.7. The molecule has 3 rings (SSSR count). The number of hydrogen-bond acceptors (Lipinski definition) is 11. The first-order valence-electron chi connectivity index (χ1n) is 15.5. The van der Waals surface area contributed by atoms with E-state index < -0.39 is 56.9 Å². The molecule has 2 heterocycles. The number of hydrogen-bond donors (Lipinski definition) is 7. The van der Waals surface area contributed by atoms with Crippen LogP contribution < -0.4 is 16.0 Å². The molecule has 0 aliphatic carbocycles. The van der Waals surface area contributed by atoms with Crippen LogP contribution in [0.25, 0.3) is 0 Å². The van der Waals surface area contributed by atoms with Crippen molar-refractivity contribution in [1.82, 2.24) is 30.8 Å². The second-order valence-corrected chi connectivity index (χ2v) is 16.6. The van der Waals surface area contributed by atoms with Gasteiger partial charge in [0, 0.05) is 50.9 Å². The van der Waals surface area contributed by atoms with Gasteiger partial charge < -0.3 is 44.8 Å². The average Bonchev–Trinajstić information content (AvgIpc) is 3.01. The van der Waals surface area contributed by atoms with Crippen molar-refractivity contribution in [1.29, 1.82) is 0 Å². The lowest BCUT2D eigenvalue weighted by Crippen LogP contribution is -2.57. The van der Waals surface area contributed by atoms with Crippen LogP contribution in [0.5, 0.6) is 0 Å². The fraction of sp³-hybridized carbons (Fsp3) is 0.536. The van der Waals surface area contributed by atoms with Gasteiger partial charge in [-0.2, -0.15) is 0 Å². The van der Waals surface area contributed by atoms with Crippen molar-refractivity contribution in [2.45, 2.75) is 50.6 Å². The van der Waals surface area contributed by atoms with Crippen molar-refractivity contribution in [3.05, 3.63) is 60.2 Å². The molecular weight excluding hydrogens is 701 g/mol. The minimum Gasteiger partial charge on any atom is -0.408 e. The second kappa shape index (κ2) is 19.6. The maximum Gasteiger partial charge on any atom is 0.480 e. The van der Waals surface area contributed by atoms with Crippen molar-refractivity contribution in [3.8, 4) is 0 Å². The smallest absolute Gasteiger partial charge is 0.408 e. The van der Waals surface area contributed by atoms with Crippen LogP contribution in [0, 0.1) is 5.92 Å². The van der Waals surface area contributed by atoms with Crippen LogP contribution in [0.3, 0.4) is 0 Å². The molecule has 0 unspecified atom stereocenters. The van der Waals surface area contributed by atoms with Crippen LogP contribution in [0.15, 0.2) is 48.9 Å². The van der Waals surface area contributed by atoms with Crippen LogP contribution in [-0.2, 0) is 29.7 Å². The minimum atomic E-state index is -5.28. The Kier molecular flexibility index (Phi) is 16.3. The fourth-order valence-electron chi connectivity index (χ4n) is 4.91. The highest BCUT2D eigenvalue weighted by Gasteiger charge is 2.44. The van der Waals surface area contributed by atoms with E-state index in [2.05, 4.69) is 20.6 Å². The number of benzene rings is 1. The Hall–Kier alpha value is -2.70. The summed E-state index contributed by atoms with van der Waals surface area (Å²) in [4.78, 5) is 85.4. The molecule has 0 bridgehead atoms. The molecule has 1 saturated heterocycles. The summed E-state index contributed by atoms with van der Waals surface area (Å²) in [6.45, 7) is 6.12. The Bertz CT molecular complexity index is 1420. The van der Waals surface area contributed by atoms with Crippen LogP contribution in [-0.4, -0.2) is 115 Å². The van der Waals surface area contributed by atoms with E-state index in [1.807, 2.05) is 49.1 Å². The minimum absolute atomic E-state index is 0.0821. The van der Waals surface area contributed by atoms with E-state index in [4.69, 9.17) is 28.9 Å². The summed E-state index contributed by atoms with van der Waals surface area (Å²) in [5.41, 5.74) is -1.66. The number of nitrogens with zero attached hydrogens (tertiary/aromatic N) is 3. The number of thioether (sulfide) groups is 1. The lowest BCUT2D eigenvalue weighted by molar-refractivity contribution is -0.123. The van der Waals surface area contributed by atoms with Crippen LogP contribution >= 0.6 is 27.0 Å². The molecule has 2 atom stereocenters. The number of amides is 3. The Morgan fingerprint density at radius 2 is 1.63 bits per heavy atom. The Morgan fingerprint density at radius 3 is 2.20 bits per heavy atom. The first-order chi connectivity index (χ1) is 23.1. The Balaban J connectivity index is 1.54. The molecule has 270 valence electrons. The molecule has 1 aromatic heterocycles. The third-order valence-electron chi connectivity index (χ3n) is 7.20. The molecule has 3 amide bonds. The topological polar surface area (TPSA) is 250 Å². The molecule has 0 saturated carbocycles. The highest BCUT2D eigenvalue weighted by molar-refractivity contribution is 8.13. The monoisotopic (exact) mass is 744 g/mol. The van der Waals surface area contributed by atoms with Gasteiger partial charge in [0.2, 0.25) is 11.4 Å². The van der Waals surface area contributed by atoms with Crippen LogP contribution in [0.4, 0.5) is 4.79 Å². The highest BCUT2D eigenvalue weighted by Crippen LogP contribution is 2.58. The third kappa shape index (κ3) is 14.6. The number of aromatic nitrogens is 2. The lowest BCUT2D eigenvalue weighted by Gasteiger charge is -2.32. The van der Waals surface area contributed by atoms with E-state index in [1.54, 1.807) is 5.32 Å². The molecule has 0 radical (unpaired) electrons. The van der Waals surface area contributed by atoms with Gasteiger partial charge in [0.05, 0.1) is 12.1 Å². The van der Waals surface area contributed by atoms with E-state index in [9.17, 15) is 23.5 Å². The third-order valence-corrected chi connectivity index (χ3v) is 11.4. The van der Waals surface area contributed by atoms with Crippen molar-refractivity contribution in [2.24, 2.45) is 5.92 Å². The molecule has 0 spiro atoms. The molecule has 49 heavy (non-hydrogen) atoms. The van der Waals surface area contributed by atoms with E-state index in [1.165, 1.54) is 18.6 Å². The number of rotatable bonds is 16. The largest absolute Gasteiger partial charge is 0.480 e. The van der Waals surface area contributed by atoms with Gasteiger partial charge in [-0.25, -0.2) is 4.98 Å². The second-order valence-electron chi connectivity index (χ2n) is 11.7. The summed E-state index contributed by atoms with van der Waals surface area (Å²) in [6, 6.07) is 8.39. The Labute approximate surface area is 289 Å². The van der Waals surface area contributed by atoms with Crippen molar-refractivity contribution in [3.63, 3.8) is 0 Å². The zero-order chi connectivity index (χ0) is 36.0. The molecule has 17 nitrogen and oxygen atoms in total. The molecule has 1 fully saturated rings. The SMILES string of the molecule is CC(C)C[C@H](NC(=O)[C@@H](Cc1ccccc1)NC(=O)c1cnccn1)B1OCCN(CCCSC(=O)NC(P(=O)(O)O)P(=O)(O)O)CCO1. The van der Waals surface area contributed by atoms with Gasteiger partial charge in [0.15, 0.2) is 0 Å². The lowest BCUT2D eigenvalue weighted by atomic mass is 9.73. The van der Waals surface area contributed by atoms with Crippen molar-refractivity contribution in [2.75, 3.05) is 38.6 Å². The zero-order valence-corrected chi connectivity index (χ0v) is 29.8. The van der Waals surface area contributed by atoms with Gasteiger partial charge in [-0.1, -0.05) is 55.9 Å². The molecule has 7 N–H and O–H groups in total. The number of nitrogens with one attached hydrogen (secondary N) is 3. The van der Waals surface area contributed by atoms with Crippen molar-refractivity contribution >= 4 is 51.1 Å². The summed E-state index contributed by atoms with van der Waals surface area (Å²) in [6.07, 6.45) is 5.43. The summed E-state index contributed by atoms with van der Waals surface area (Å²) in [7, 11) is -11.3.